The van der Waals surface area contributed by atoms with Crippen molar-refractivity contribution in [3.8, 4) is 0 Å². The lowest BCUT2D eigenvalue weighted by atomic mass is 9.91. The van der Waals surface area contributed by atoms with Crippen LogP contribution in [0.4, 0.5) is 5.95 Å². The van der Waals surface area contributed by atoms with E-state index in [9.17, 15) is 5.11 Å². The molecule has 1 unspecified atom stereocenters. The molecule has 0 bridgehead atoms. The molecule has 17 heavy (non-hydrogen) atoms. The molecule has 0 radical (unpaired) electrons. The Morgan fingerprint density at radius 2 is 2.06 bits per heavy atom. The van der Waals surface area contributed by atoms with Gasteiger partial charge in [-0.2, -0.15) is 4.98 Å². The molecule has 1 aromatic heterocycles. The maximum atomic E-state index is 9.38. The van der Waals surface area contributed by atoms with E-state index in [1.165, 1.54) is 0 Å². The molecule has 1 aliphatic heterocycles. The molecule has 0 aliphatic carbocycles. The summed E-state index contributed by atoms with van der Waals surface area (Å²) in [4.78, 5) is 6.42. The minimum atomic E-state index is -0.599. The molecule has 2 rings (SSSR count). The van der Waals surface area contributed by atoms with Crippen molar-refractivity contribution in [2.75, 3.05) is 18.0 Å². The van der Waals surface area contributed by atoms with E-state index < -0.39 is 6.10 Å². The second-order valence-corrected chi connectivity index (χ2v) is 4.88. The predicted molar refractivity (Wildman–Crippen MR) is 65.6 cm³/mol. The number of aliphatic hydroxyl groups excluding tert-OH is 1. The van der Waals surface area contributed by atoms with Crippen LogP contribution in [0.1, 0.15) is 38.6 Å². The van der Waals surface area contributed by atoms with Crippen molar-refractivity contribution in [2.45, 2.75) is 38.8 Å². The molecule has 2 heterocycles. The Balaban J connectivity index is 1.96. The summed E-state index contributed by atoms with van der Waals surface area (Å²) >= 11 is 0. The molecule has 0 amide bonds. The van der Waals surface area contributed by atoms with Gasteiger partial charge < -0.3 is 15.7 Å². The lowest BCUT2D eigenvalue weighted by molar-refractivity contribution is 0.189. The highest BCUT2D eigenvalue weighted by Gasteiger charge is 2.24. The number of hydrogen-bond donors (Lipinski definition) is 3. The Morgan fingerprint density at radius 1 is 1.41 bits per heavy atom. The highest BCUT2D eigenvalue weighted by atomic mass is 16.3. The van der Waals surface area contributed by atoms with Crippen LogP contribution in [0.5, 0.6) is 0 Å². The van der Waals surface area contributed by atoms with Crippen LogP contribution < -0.4 is 10.6 Å². The number of aliphatic hydroxyl groups is 1. The van der Waals surface area contributed by atoms with E-state index >= 15 is 0 Å². The largest absolute Gasteiger partial charge is 0.385 e. The van der Waals surface area contributed by atoms with Crippen molar-refractivity contribution in [1.82, 2.24) is 15.2 Å². The maximum absolute atomic E-state index is 9.38. The Hall–Kier alpha value is -1.14. The summed E-state index contributed by atoms with van der Waals surface area (Å²) in [6.45, 7) is 5.61. The van der Waals surface area contributed by atoms with Gasteiger partial charge in [-0.15, -0.1) is 5.10 Å². The molecule has 1 fully saturated rings. The average Bonchev–Trinajstić information content (AvgIpc) is 2.78. The quantitative estimate of drug-likeness (QED) is 0.711. The Bertz CT molecular complexity index is 354. The van der Waals surface area contributed by atoms with E-state index in [1.54, 1.807) is 6.92 Å². The van der Waals surface area contributed by atoms with Crippen molar-refractivity contribution in [1.29, 1.82) is 0 Å². The fraction of sp³-hybridized carbons (Fsp3) is 0.818. The highest BCUT2D eigenvalue weighted by molar-refractivity contribution is 5.29. The van der Waals surface area contributed by atoms with Crippen LogP contribution in [0.2, 0.25) is 0 Å². The molecule has 0 spiro atoms. The fourth-order valence-electron chi connectivity index (χ4n) is 2.22. The molecule has 96 valence electrons. The normalized spacial score (nSPS) is 21.5. The third-order valence-corrected chi connectivity index (χ3v) is 3.45. The van der Waals surface area contributed by atoms with Crippen LogP contribution in [0, 0.1) is 5.92 Å². The lowest BCUT2D eigenvalue weighted by Gasteiger charge is -2.32. The molecule has 6 heteroatoms. The van der Waals surface area contributed by atoms with Gasteiger partial charge in [0.05, 0.1) is 0 Å². The number of rotatable bonds is 3. The summed E-state index contributed by atoms with van der Waals surface area (Å²) in [5.74, 6) is 1.81. The molecule has 1 aromatic rings. The molecule has 0 aromatic carbocycles. The highest BCUT2D eigenvalue weighted by Crippen LogP contribution is 2.22. The minimum absolute atomic E-state index is 0.261. The first-order chi connectivity index (χ1) is 8.08. The molecule has 4 N–H and O–H groups in total. The van der Waals surface area contributed by atoms with Gasteiger partial charge in [0.15, 0.2) is 5.82 Å². The summed E-state index contributed by atoms with van der Waals surface area (Å²) < 4.78 is 0. The summed E-state index contributed by atoms with van der Waals surface area (Å²) in [7, 11) is 0. The van der Waals surface area contributed by atoms with Gasteiger partial charge in [-0.3, -0.25) is 5.10 Å². The molecular weight excluding hydrogens is 218 g/mol. The molecule has 1 saturated heterocycles. The van der Waals surface area contributed by atoms with Crippen molar-refractivity contribution in [3.63, 3.8) is 0 Å². The molecule has 0 saturated carbocycles. The van der Waals surface area contributed by atoms with E-state index in [0.717, 1.165) is 25.9 Å². The Kier molecular flexibility index (Phi) is 3.63. The number of nitrogens with two attached hydrogens (primary N) is 1. The average molecular weight is 239 g/mol. The number of piperidine rings is 1. The van der Waals surface area contributed by atoms with Gasteiger partial charge in [0.1, 0.15) is 6.10 Å². The second-order valence-electron chi connectivity index (χ2n) is 4.88. The van der Waals surface area contributed by atoms with Crippen LogP contribution in [-0.4, -0.2) is 39.4 Å². The lowest BCUT2D eigenvalue weighted by Crippen LogP contribution is -2.40. The van der Waals surface area contributed by atoms with E-state index in [-0.39, 0.29) is 6.04 Å². The number of aromatic amines is 1. The minimum Gasteiger partial charge on any atom is -0.385 e. The van der Waals surface area contributed by atoms with Gasteiger partial charge in [0.25, 0.3) is 0 Å². The van der Waals surface area contributed by atoms with E-state index in [0.29, 0.717) is 17.7 Å². The first-order valence-electron chi connectivity index (χ1n) is 6.19. The fourth-order valence-corrected chi connectivity index (χ4v) is 2.22. The summed E-state index contributed by atoms with van der Waals surface area (Å²) in [6, 6.07) is 0.261. The van der Waals surface area contributed by atoms with Gasteiger partial charge in [-0.1, -0.05) is 0 Å². The molecule has 6 nitrogen and oxygen atoms in total. The van der Waals surface area contributed by atoms with E-state index in [4.69, 9.17) is 5.73 Å². The topological polar surface area (TPSA) is 91.1 Å². The SMILES string of the molecule is CC(N)C1CCN(c2n[nH]c([C@H](C)O)n2)CC1. The van der Waals surface area contributed by atoms with Crippen LogP contribution in [0.15, 0.2) is 0 Å². The standard InChI is InChI=1S/C11H21N5O/c1-7(12)9-3-5-16(6-4-9)11-13-10(8(2)17)14-15-11/h7-9,17H,3-6,12H2,1-2H3,(H,13,14,15)/t7?,8-/m0/s1. The van der Waals surface area contributed by atoms with Crippen LogP contribution in [0.3, 0.4) is 0 Å². The Morgan fingerprint density at radius 3 is 2.53 bits per heavy atom. The summed E-state index contributed by atoms with van der Waals surface area (Å²) in [5, 5.41) is 16.3. The summed E-state index contributed by atoms with van der Waals surface area (Å²) in [5.41, 5.74) is 5.91. The molecule has 1 aliphatic rings. The van der Waals surface area contributed by atoms with E-state index in [2.05, 4.69) is 27.0 Å². The number of nitrogens with one attached hydrogen (secondary N) is 1. The van der Waals surface area contributed by atoms with Crippen LogP contribution in [0.25, 0.3) is 0 Å². The molecule has 2 atom stereocenters. The van der Waals surface area contributed by atoms with Crippen molar-refractivity contribution in [3.05, 3.63) is 5.82 Å². The number of aromatic nitrogens is 3. The summed E-state index contributed by atoms with van der Waals surface area (Å²) in [6.07, 6.45) is 1.56. The van der Waals surface area contributed by atoms with Gasteiger partial charge in [-0.05, 0) is 32.6 Å². The predicted octanol–water partition coefficient (Wildman–Crippen LogP) is 0.422. The van der Waals surface area contributed by atoms with Crippen molar-refractivity contribution >= 4 is 5.95 Å². The van der Waals surface area contributed by atoms with Gasteiger partial charge >= 0.3 is 0 Å². The van der Waals surface area contributed by atoms with Crippen molar-refractivity contribution < 1.29 is 5.11 Å². The number of hydrogen-bond acceptors (Lipinski definition) is 5. The van der Waals surface area contributed by atoms with Gasteiger partial charge in [-0.25, -0.2) is 0 Å². The zero-order valence-corrected chi connectivity index (χ0v) is 10.4. The smallest absolute Gasteiger partial charge is 0.244 e. The zero-order chi connectivity index (χ0) is 12.4. The van der Waals surface area contributed by atoms with Crippen LogP contribution >= 0.6 is 0 Å². The molecular formula is C11H21N5O. The third kappa shape index (κ3) is 2.76. The van der Waals surface area contributed by atoms with Gasteiger partial charge in [0, 0.05) is 19.1 Å². The monoisotopic (exact) mass is 239 g/mol. The van der Waals surface area contributed by atoms with E-state index in [1.807, 2.05) is 0 Å². The second kappa shape index (κ2) is 5.01. The Labute approximate surface area is 101 Å². The van der Waals surface area contributed by atoms with Gasteiger partial charge in [0.2, 0.25) is 5.95 Å². The van der Waals surface area contributed by atoms with Crippen molar-refractivity contribution in [2.24, 2.45) is 11.7 Å². The number of H-pyrrole nitrogens is 1. The third-order valence-electron chi connectivity index (χ3n) is 3.45. The number of anilines is 1. The number of nitrogens with zero attached hydrogens (tertiary/aromatic N) is 3. The maximum Gasteiger partial charge on any atom is 0.244 e. The zero-order valence-electron chi connectivity index (χ0n) is 10.4. The van der Waals surface area contributed by atoms with Crippen LogP contribution in [-0.2, 0) is 0 Å². The first-order valence-corrected chi connectivity index (χ1v) is 6.19. The first kappa shape index (κ1) is 12.3.